The number of benzene rings is 3. The second kappa shape index (κ2) is 7.96. The van der Waals surface area contributed by atoms with Crippen molar-refractivity contribution >= 4 is 23.2 Å². The van der Waals surface area contributed by atoms with Crippen LogP contribution in [-0.4, -0.2) is 18.4 Å². The number of carbonyl (C=O) groups is 2. The van der Waals surface area contributed by atoms with E-state index in [0.29, 0.717) is 30.1 Å². The van der Waals surface area contributed by atoms with Crippen LogP contribution >= 0.6 is 0 Å². The Hall–Kier alpha value is -3.60. The third-order valence-electron chi connectivity index (χ3n) is 4.58. The molecule has 28 heavy (non-hydrogen) atoms. The molecular weight excluding hydrogens is 352 g/mol. The molecular formula is C23H20N2O3. The lowest BCUT2D eigenvalue weighted by Crippen LogP contribution is -2.38. The predicted octanol–water partition coefficient (Wildman–Crippen LogP) is 3.79. The average Bonchev–Trinajstić information content (AvgIpc) is 2.72. The van der Waals surface area contributed by atoms with Crippen LogP contribution in [0.3, 0.4) is 0 Å². The topological polar surface area (TPSA) is 58.6 Å². The van der Waals surface area contributed by atoms with Gasteiger partial charge in [0.05, 0.1) is 18.7 Å². The summed E-state index contributed by atoms with van der Waals surface area (Å²) < 4.78 is 5.56. The molecule has 0 saturated heterocycles. The lowest BCUT2D eigenvalue weighted by molar-refractivity contribution is -0.121. The Morgan fingerprint density at radius 1 is 0.929 bits per heavy atom. The molecule has 1 aliphatic rings. The van der Waals surface area contributed by atoms with Crippen molar-refractivity contribution in [3.63, 3.8) is 0 Å². The lowest BCUT2D eigenvalue weighted by Gasteiger charge is -2.30. The van der Waals surface area contributed by atoms with E-state index in [1.54, 1.807) is 23.1 Å². The number of hydrogen-bond donors (Lipinski definition) is 1. The van der Waals surface area contributed by atoms with E-state index in [9.17, 15) is 9.59 Å². The van der Waals surface area contributed by atoms with Crippen LogP contribution in [0.1, 0.15) is 11.1 Å². The second-order valence-corrected chi connectivity index (χ2v) is 6.65. The van der Waals surface area contributed by atoms with Gasteiger partial charge in [0, 0.05) is 5.69 Å². The molecule has 0 fully saturated rings. The fourth-order valence-corrected chi connectivity index (χ4v) is 3.21. The maximum atomic E-state index is 12.4. The van der Waals surface area contributed by atoms with Crippen LogP contribution < -0.4 is 15.0 Å². The van der Waals surface area contributed by atoms with Crippen molar-refractivity contribution < 1.29 is 14.3 Å². The van der Waals surface area contributed by atoms with Gasteiger partial charge in [-0.1, -0.05) is 60.7 Å². The van der Waals surface area contributed by atoms with E-state index in [1.807, 2.05) is 60.7 Å². The van der Waals surface area contributed by atoms with Crippen molar-refractivity contribution in [2.75, 3.05) is 16.8 Å². The van der Waals surface area contributed by atoms with Crippen LogP contribution in [0.25, 0.3) is 0 Å². The van der Waals surface area contributed by atoms with Gasteiger partial charge in [-0.25, -0.2) is 0 Å². The van der Waals surface area contributed by atoms with E-state index in [1.165, 1.54) is 0 Å². The SMILES string of the molecule is O=C(Cc1ccccc1)Nc1ccc2c(c1)N(Cc1ccccc1)C(=O)CO2. The highest BCUT2D eigenvalue weighted by Crippen LogP contribution is 2.35. The van der Waals surface area contributed by atoms with Gasteiger partial charge in [-0.3, -0.25) is 9.59 Å². The summed E-state index contributed by atoms with van der Waals surface area (Å²) in [5, 5.41) is 2.91. The third-order valence-corrected chi connectivity index (χ3v) is 4.58. The Kier molecular flexibility index (Phi) is 5.06. The highest BCUT2D eigenvalue weighted by Gasteiger charge is 2.26. The van der Waals surface area contributed by atoms with Gasteiger partial charge in [-0.05, 0) is 29.3 Å². The van der Waals surface area contributed by atoms with Crippen molar-refractivity contribution in [2.24, 2.45) is 0 Å². The molecule has 5 heteroatoms. The van der Waals surface area contributed by atoms with Crippen LogP contribution in [0.2, 0.25) is 0 Å². The Morgan fingerprint density at radius 3 is 2.32 bits per heavy atom. The van der Waals surface area contributed by atoms with Gasteiger partial charge in [-0.15, -0.1) is 0 Å². The van der Waals surface area contributed by atoms with Crippen molar-refractivity contribution in [2.45, 2.75) is 13.0 Å². The number of ether oxygens (including phenoxy) is 1. The molecule has 0 radical (unpaired) electrons. The quantitative estimate of drug-likeness (QED) is 0.741. The van der Waals surface area contributed by atoms with E-state index in [2.05, 4.69) is 5.32 Å². The molecule has 3 aromatic rings. The van der Waals surface area contributed by atoms with Crippen LogP contribution in [-0.2, 0) is 22.6 Å². The Morgan fingerprint density at radius 2 is 1.61 bits per heavy atom. The molecule has 0 unspecified atom stereocenters. The van der Waals surface area contributed by atoms with Crippen LogP contribution in [0.5, 0.6) is 5.75 Å². The van der Waals surface area contributed by atoms with Crippen molar-refractivity contribution in [3.8, 4) is 5.75 Å². The minimum absolute atomic E-state index is 0.0134. The smallest absolute Gasteiger partial charge is 0.265 e. The summed E-state index contributed by atoms with van der Waals surface area (Å²) in [7, 11) is 0. The second-order valence-electron chi connectivity index (χ2n) is 6.65. The molecule has 1 heterocycles. The summed E-state index contributed by atoms with van der Waals surface area (Å²) in [6.07, 6.45) is 0.293. The van der Waals surface area contributed by atoms with Crippen LogP contribution in [0, 0.1) is 0 Å². The van der Waals surface area contributed by atoms with E-state index >= 15 is 0 Å². The normalized spacial score (nSPS) is 12.9. The van der Waals surface area contributed by atoms with Crippen molar-refractivity contribution in [1.29, 1.82) is 0 Å². The fraction of sp³-hybridized carbons (Fsp3) is 0.130. The average molecular weight is 372 g/mol. The first-order valence-corrected chi connectivity index (χ1v) is 9.14. The molecule has 0 aliphatic carbocycles. The summed E-state index contributed by atoms with van der Waals surface area (Å²) in [4.78, 5) is 26.5. The third kappa shape index (κ3) is 4.04. The summed E-state index contributed by atoms with van der Waals surface area (Å²) in [5.74, 6) is 0.421. The predicted molar refractivity (Wildman–Crippen MR) is 108 cm³/mol. The van der Waals surface area contributed by atoms with E-state index < -0.39 is 0 Å². The maximum absolute atomic E-state index is 12.4. The van der Waals surface area contributed by atoms with Gasteiger partial charge < -0.3 is 15.0 Å². The van der Waals surface area contributed by atoms with Gasteiger partial charge in [0.25, 0.3) is 5.91 Å². The highest BCUT2D eigenvalue weighted by molar-refractivity contribution is 5.99. The molecule has 1 N–H and O–H groups in total. The maximum Gasteiger partial charge on any atom is 0.265 e. The number of rotatable bonds is 5. The number of carbonyl (C=O) groups excluding carboxylic acids is 2. The molecule has 4 rings (SSSR count). The zero-order chi connectivity index (χ0) is 19.3. The summed E-state index contributed by atoms with van der Waals surface area (Å²) in [6.45, 7) is 0.469. The van der Waals surface area contributed by atoms with Gasteiger partial charge in [0.1, 0.15) is 5.75 Å². The number of fused-ring (bicyclic) bond motifs is 1. The summed E-state index contributed by atoms with van der Waals surface area (Å²) in [5.41, 5.74) is 3.28. The molecule has 0 spiro atoms. The lowest BCUT2D eigenvalue weighted by atomic mass is 10.1. The molecule has 140 valence electrons. The zero-order valence-electron chi connectivity index (χ0n) is 15.3. The van der Waals surface area contributed by atoms with Crippen LogP contribution in [0.4, 0.5) is 11.4 Å². The molecule has 0 atom stereocenters. The summed E-state index contributed by atoms with van der Waals surface area (Å²) >= 11 is 0. The van der Waals surface area contributed by atoms with Crippen molar-refractivity contribution in [3.05, 3.63) is 90.0 Å². The van der Waals surface area contributed by atoms with Gasteiger partial charge in [0.15, 0.2) is 6.61 Å². The van der Waals surface area contributed by atoms with E-state index in [4.69, 9.17) is 4.74 Å². The zero-order valence-corrected chi connectivity index (χ0v) is 15.3. The van der Waals surface area contributed by atoms with Gasteiger partial charge in [-0.2, -0.15) is 0 Å². The van der Waals surface area contributed by atoms with Crippen molar-refractivity contribution in [1.82, 2.24) is 0 Å². The number of nitrogens with zero attached hydrogens (tertiary/aromatic N) is 1. The summed E-state index contributed by atoms with van der Waals surface area (Å²) in [6, 6.07) is 24.7. The Bertz CT molecular complexity index is 987. The minimum atomic E-state index is -0.108. The van der Waals surface area contributed by atoms with E-state index in [0.717, 1.165) is 11.1 Å². The number of anilines is 2. The molecule has 2 amide bonds. The molecule has 0 saturated carbocycles. The first-order chi connectivity index (χ1) is 13.7. The van der Waals surface area contributed by atoms with E-state index in [-0.39, 0.29) is 18.4 Å². The van der Waals surface area contributed by atoms with Gasteiger partial charge >= 0.3 is 0 Å². The highest BCUT2D eigenvalue weighted by atomic mass is 16.5. The first kappa shape index (κ1) is 17.8. The first-order valence-electron chi connectivity index (χ1n) is 9.14. The molecule has 1 aliphatic heterocycles. The molecule has 0 bridgehead atoms. The fourth-order valence-electron chi connectivity index (χ4n) is 3.21. The standard InChI is InChI=1S/C23H20N2O3/c26-22(13-17-7-3-1-4-8-17)24-19-11-12-21-20(14-19)25(23(27)16-28-21)15-18-9-5-2-6-10-18/h1-12,14H,13,15-16H2,(H,24,26). The van der Waals surface area contributed by atoms with Gasteiger partial charge in [0.2, 0.25) is 5.91 Å². The number of amides is 2. The largest absolute Gasteiger partial charge is 0.482 e. The Balaban J connectivity index is 1.54. The number of hydrogen-bond acceptors (Lipinski definition) is 3. The molecule has 0 aromatic heterocycles. The Labute approximate surface area is 163 Å². The molecule has 5 nitrogen and oxygen atoms in total. The number of nitrogens with one attached hydrogen (secondary N) is 1. The molecule has 3 aromatic carbocycles. The minimum Gasteiger partial charge on any atom is -0.482 e. The monoisotopic (exact) mass is 372 g/mol. The van der Waals surface area contributed by atoms with Crippen LogP contribution in [0.15, 0.2) is 78.9 Å².